The van der Waals surface area contributed by atoms with E-state index in [-0.39, 0.29) is 5.54 Å². The predicted octanol–water partition coefficient (Wildman–Crippen LogP) is 3.33. The molecule has 0 spiro atoms. The van der Waals surface area contributed by atoms with Gasteiger partial charge in [0.25, 0.3) is 0 Å². The third kappa shape index (κ3) is 3.89. The fourth-order valence-corrected chi connectivity index (χ4v) is 4.12. The molecule has 3 heteroatoms. The van der Waals surface area contributed by atoms with Crippen molar-refractivity contribution in [3.05, 3.63) is 0 Å². The molecule has 17 heavy (non-hydrogen) atoms. The van der Waals surface area contributed by atoms with Crippen molar-refractivity contribution in [1.82, 2.24) is 5.32 Å². The highest BCUT2D eigenvalue weighted by Crippen LogP contribution is 2.39. The van der Waals surface area contributed by atoms with E-state index in [0.29, 0.717) is 11.3 Å². The zero-order valence-corrected chi connectivity index (χ0v) is 11.9. The van der Waals surface area contributed by atoms with E-state index in [1.165, 1.54) is 31.4 Å². The second kappa shape index (κ2) is 5.63. The van der Waals surface area contributed by atoms with Crippen molar-refractivity contribution in [1.29, 1.82) is 5.26 Å². The van der Waals surface area contributed by atoms with Gasteiger partial charge in [0, 0.05) is 11.3 Å². The van der Waals surface area contributed by atoms with Crippen LogP contribution in [-0.4, -0.2) is 22.6 Å². The predicted molar refractivity (Wildman–Crippen MR) is 74.1 cm³/mol. The molecule has 2 fully saturated rings. The molecule has 0 heterocycles. The highest BCUT2D eigenvalue weighted by molar-refractivity contribution is 7.99. The fraction of sp³-hybridized carbons (Fsp3) is 0.929. The summed E-state index contributed by atoms with van der Waals surface area (Å²) in [5.41, 5.74) is -0.184. The van der Waals surface area contributed by atoms with Crippen LogP contribution in [0.5, 0.6) is 0 Å². The zero-order chi connectivity index (χ0) is 12.3. The molecule has 0 radical (unpaired) electrons. The van der Waals surface area contributed by atoms with E-state index in [9.17, 15) is 5.26 Å². The second-order valence-corrected chi connectivity index (χ2v) is 7.44. The second-order valence-electron chi connectivity index (χ2n) is 6.03. The number of nitrogens with one attached hydrogen (secondary N) is 1. The smallest absolute Gasteiger partial charge is 0.108 e. The topological polar surface area (TPSA) is 35.8 Å². The first-order valence-electron chi connectivity index (χ1n) is 6.94. The standard InChI is InChI=1S/C14H24N2S/c1-11(2)6-8-17-13-5-7-14(9-13,10-15)16-12-3-4-12/h11-13,16H,3-9H2,1-2H3. The van der Waals surface area contributed by atoms with Gasteiger partial charge in [0.05, 0.1) is 6.07 Å². The van der Waals surface area contributed by atoms with Gasteiger partial charge in [-0.1, -0.05) is 13.8 Å². The first-order chi connectivity index (χ1) is 8.13. The van der Waals surface area contributed by atoms with E-state index in [1.54, 1.807) is 0 Å². The summed E-state index contributed by atoms with van der Waals surface area (Å²) in [5.74, 6) is 2.06. The maximum absolute atomic E-state index is 9.40. The van der Waals surface area contributed by atoms with Gasteiger partial charge in [-0.05, 0) is 50.2 Å². The Hall–Kier alpha value is -0.200. The van der Waals surface area contributed by atoms with E-state index in [2.05, 4.69) is 37.0 Å². The van der Waals surface area contributed by atoms with Crippen molar-refractivity contribution >= 4 is 11.8 Å². The maximum atomic E-state index is 9.40. The SMILES string of the molecule is CC(C)CCSC1CCC(C#N)(NC2CC2)C1. The lowest BCUT2D eigenvalue weighted by molar-refractivity contribution is 0.420. The number of hydrogen-bond acceptors (Lipinski definition) is 3. The number of rotatable bonds is 6. The van der Waals surface area contributed by atoms with E-state index in [1.807, 2.05) is 0 Å². The van der Waals surface area contributed by atoms with Crippen molar-refractivity contribution in [2.75, 3.05) is 5.75 Å². The van der Waals surface area contributed by atoms with Gasteiger partial charge in [-0.15, -0.1) is 0 Å². The summed E-state index contributed by atoms with van der Waals surface area (Å²) in [6.07, 6.45) is 7.18. The maximum Gasteiger partial charge on any atom is 0.108 e. The minimum atomic E-state index is -0.184. The lowest BCUT2D eigenvalue weighted by Gasteiger charge is -2.22. The summed E-state index contributed by atoms with van der Waals surface area (Å²) in [6, 6.07) is 3.20. The average molecular weight is 252 g/mol. The van der Waals surface area contributed by atoms with Crippen LogP contribution in [0, 0.1) is 17.2 Å². The van der Waals surface area contributed by atoms with Crippen LogP contribution >= 0.6 is 11.8 Å². The minimum Gasteiger partial charge on any atom is -0.297 e. The monoisotopic (exact) mass is 252 g/mol. The molecule has 0 aromatic carbocycles. The van der Waals surface area contributed by atoms with Crippen molar-refractivity contribution in [2.45, 2.75) is 69.2 Å². The van der Waals surface area contributed by atoms with Gasteiger partial charge in [-0.25, -0.2) is 0 Å². The Kier molecular flexibility index (Phi) is 4.38. The van der Waals surface area contributed by atoms with E-state index < -0.39 is 0 Å². The Morgan fingerprint density at radius 2 is 2.18 bits per heavy atom. The molecule has 2 rings (SSSR count). The van der Waals surface area contributed by atoms with Crippen LogP contribution in [0.25, 0.3) is 0 Å². The van der Waals surface area contributed by atoms with Crippen LogP contribution < -0.4 is 5.32 Å². The lowest BCUT2D eigenvalue weighted by Crippen LogP contribution is -2.43. The number of thioether (sulfide) groups is 1. The summed E-state index contributed by atoms with van der Waals surface area (Å²) < 4.78 is 0. The number of hydrogen-bond donors (Lipinski definition) is 1. The van der Waals surface area contributed by atoms with Crippen LogP contribution in [0.4, 0.5) is 0 Å². The molecule has 2 aliphatic rings. The molecule has 2 saturated carbocycles. The molecular formula is C14H24N2S. The van der Waals surface area contributed by atoms with Gasteiger partial charge in [-0.2, -0.15) is 17.0 Å². The molecule has 0 aromatic rings. The highest BCUT2D eigenvalue weighted by Gasteiger charge is 2.42. The zero-order valence-electron chi connectivity index (χ0n) is 11.0. The quantitative estimate of drug-likeness (QED) is 0.787. The largest absolute Gasteiger partial charge is 0.297 e. The van der Waals surface area contributed by atoms with Crippen LogP contribution in [0.1, 0.15) is 52.4 Å². The van der Waals surface area contributed by atoms with Gasteiger partial charge in [0.15, 0.2) is 0 Å². The average Bonchev–Trinajstić information content (AvgIpc) is 2.99. The third-order valence-corrected chi connectivity index (χ3v) is 5.13. The Morgan fingerprint density at radius 1 is 1.41 bits per heavy atom. The fourth-order valence-electron chi connectivity index (χ4n) is 2.50. The van der Waals surface area contributed by atoms with Crippen molar-refractivity contribution in [3.8, 4) is 6.07 Å². The normalized spacial score (nSPS) is 32.9. The van der Waals surface area contributed by atoms with Gasteiger partial charge in [-0.3, -0.25) is 5.32 Å². The van der Waals surface area contributed by atoms with Crippen LogP contribution in [0.3, 0.4) is 0 Å². The highest BCUT2D eigenvalue weighted by atomic mass is 32.2. The Bertz CT molecular complexity index is 293. The van der Waals surface area contributed by atoms with Crippen molar-refractivity contribution < 1.29 is 0 Å². The number of nitriles is 1. The molecule has 2 aliphatic carbocycles. The Balaban J connectivity index is 1.74. The minimum absolute atomic E-state index is 0.184. The molecule has 2 nitrogen and oxygen atoms in total. The Morgan fingerprint density at radius 3 is 2.76 bits per heavy atom. The molecule has 2 atom stereocenters. The summed E-state index contributed by atoms with van der Waals surface area (Å²) in [5, 5.41) is 13.7. The number of nitrogens with zero attached hydrogens (tertiary/aromatic N) is 1. The first kappa shape index (κ1) is 13.2. The van der Waals surface area contributed by atoms with E-state index >= 15 is 0 Å². The van der Waals surface area contributed by atoms with Crippen LogP contribution in [0.2, 0.25) is 0 Å². The van der Waals surface area contributed by atoms with E-state index in [0.717, 1.165) is 18.8 Å². The lowest BCUT2D eigenvalue weighted by atomic mass is 10.00. The van der Waals surface area contributed by atoms with Gasteiger partial charge < -0.3 is 0 Å². The van der Waals surface area contributed by atoms with Crippen LogP contribution in [-0.2, 0) is 0 Å². The van der Waals surface area contributed by atoms with Crippen molar-refractivity contribution in [3.63, 3.8) is 0 Å². The molecule has 0 amide bonds. The molecule has 0 bridgehead atoms. The molecule has 1 N–H and O–H groups in total. The Labute approximate surface area is 110 Å². The summed E-state index contributed by atoms with van der Waals surface area (Å²) in [6.45, 7) is 4.56. The van der Waals surface area contributed by atoms with E-state index in [4.69, 9.17) is 0 Å². The van der Waals surface area contributed by atoms with Crippen LogP contribution in [0.15, 0.2) is 0 Å². The van der Waals surface area contributed by atoms with Crippen molar-refractivity contribution in [2.24, 2.45) is 5.92 Å². The summed E-state index contributed by atoms with van der Waals surface area (Å²) >= 11 is 2.09. The first-order valence-corrected chi connectivity index (χ1v) is 7.99. The summed E-state index contributed by atoms with van der Waals surface area (Å²) in [7, 11) is 0. The molecule has 0 aromatic heterocycles. The van der Waals surface area contributed by atoms with Gasteiger partial charge in [0.2, 0.25) is 0 Å². The summed E-state index contributed by atoms with van der Waals surface area (Å²) in [4.78, 5) is 0. The molecular weight excluding hydrogens is 228 g/mol. The third-order valence-electron chi connectivity index (χ3n) is 3.79. The van der Waals surface area contributed by atoms with Gasteiger partial charge >= 0.3 is 0 Å². The molecule has 2 unspecified atom stereocenters. The molecule has 0 saturated heterocycles. The van der Waals surface area contributed by atoms with Gasteiger partial charge in [0.1, 0.15) is 5.54 Å². The molecule has 0 aliphatic heterocycles. The molecule has 96 valence electrons.